The molecule has 386 valence electrons. The van der Waals surface area contributed by atoms with Crippen molar-refractivity contribution in [2.24, 2.45) is 74.9 Å². The lowest BCUT2D eigenvalue weighted by atomic mass is 9.50. The second-order valence-electron chi connectivity index (χ2n) is 28.1. The predicted octanol–water partition coefficient (Wildman–Crippen LogP) is 11.3. The van der Waals surface area contributed by atoms with Gasteiger partial charge in [-0.3, -0.25) is 24.0 Å². The Morgan fingerprint density at radius 1 is 0.652 bits per heavy atom. The van der Waals surface area contributed by atoms with Crippen molar-refractivity contribution in [3.05, 3.63) is 0 Å². The van der Waals surface area contributed by atoms with Crippen LogP contribution in [0.25, 0.3) is 0 Å². The SMILES string of the molecule is CCC(C)(CCC(C)(CCCC(C)(CCCC(C)(C)C(=O)OC12CC3CC(CC(C3)C1C)C2)C(=O)OC1(C)CCCC1)C(=O)OC12CC3CC(CC(O)(C3)C1)C2)C(=O)OC1C2CC3C(=O)OC1C3C2. The van der Waals surface area contributed by atoms with Gasteiger partial charge in [0.2, 0.25) is 0 Å². The minimum absolute atomic E-state index is 0.0704. The molecular weight excluding hydrogens is 873 g/mol. The van der Waals surface area contributed by atoms with E-state index in [9.17, 15) is 24.3 Å². The van der Waals surface area contributed by atoms with E-state index in [-0.39, 0.29) is 59.3 Å². The lowest BCUT2D eigenvalue weighted by Gasteiger charge is -2.59. The highest BCUT2D eigenvalue weighted by Crippen LogP contribution is 2.62. The van der Waals surface area contributed by atoms with E-state index >= 15 is 4.79 Å². The Kier molecular flexibility index (Phi) is 12.6. The molecule has 13 atom stereocenters. The van der Waals surface area contributed by atoms with Gasteiger partial charge >= 0.3 is 29.8 Å². The molecule has 11 saturated carbocycles. The zero-order valence-corrected chi connectivity index (χ0v) is 43.8. The number of carbonyl (C=O) groups excluding carboxylic acids is 5. The van der Waals surface area contributed by atoms with Gasteiger partial charge in [0.1, 0.15) is 29.0 Å². The Morgan fingerprint density at radius 3 is 1.86 bits per heavy atom. The average Bonchev–Trinajstić information content (AvgIpc) is 4.02. The largest absolute Gasteiger partial charge is 0.459 e. The van der Waals surface area contributed by atoms with Gasteiger partial charge in [0.15, 0.2) is 0 Å². The molecular formula is C58H88O11. The maximum atomic E-state index is 15.1. The molecule has 11 aliphatic carbocycles. The molecule has 12 rings (SSSR count). The van der Waals surface area contributed by atoms with E-state index in [2.05, 4.69) is 13.8 Å². The maximum absolute atomic E-state index is 15.1. The zero-order valence-electron chi connectivity index (χ0n) is 43.8. The minimum atomic E-state index is -0.994. The smallest absolute Gasteiger partial charge is 0.312 e. The number of aliphatic hydroxyl groups is 1. The van der Waals surface area contributed by atoms with Crippen molar-refractivity contribution in [1.82, 2.24) is 0 Å². The monoisotopic (exact) mass is 961 g/mol. The summed E-state index contributed by atoms with van der Waals surface area (Å²) < 4.78 is 32.0. The maximum Gasteiger partial charge on any atom is 0.312 e. The third-order valence-electron chi connectivity index (χ3n) is 22.0. The lowest BCUT2D eigenvalue weighted by molar-refractivity contribution is -0.226. The first-order chi connectivity index (χ1) is 32.4. The summed E-state index contributed by atoms with van der Waals surface area (Å²) in [4.78, 5) is 70.7. The summed E-state index contributed by atoms with van der Waals surface area (Å²) in [5.74, 6) is 2.16. The number of fused-ring (bicyclic) bond motifs is 1. The third-order valence-corrected chi connectivity index (χ3v) is 22.0. The fraction of sp³-hybridized carbons (Fsp3) is 0.914. The van der Waals surface area contributed by atoms with Crippen molar-refractivity contribution in [2.45, 2.75) is 257 Å². The van der Waals surface area contributed by atoms with E-state index in [0.717, 1.165) is 77.0 Å². The molecule has 12 fully saturated rings. The summed E-state index contributed by atoms with van der Waals surface area (Å²) in [6.45, 7) is 16.3. The molecule has 13 unspecified atom stereocenters. The molecule has 1 N–H and O–H groups in total. The summed E-state index contributed by atoms with van der Waals surface area (Å²) in [6.07, 6.45) is 19.5. The molecule has 10 bridgehead atoms. The molecule has 0 radical (unpaired) electrons. The summed E-state index contributed by atoms with van der Waals surface area (Å²) in [6, 6.07) is 0. The number of esters is 5. The van der Waals surface area contributed by atoms with Crippen LogP contribution in [0.2, 0.25) is 0 Å². The van der Waals surface area contributed by atoms with Crippen molar-refractivity contribution in [3.8, 4) is 0 Å². The Morgan fingerprint density at radius 2 is 1.23 bits per heavy atom. The standard InChI is InChI=1S/C58H88O11/c1-9-52(5,48(61)66-44-41-26-42-43(27-41)46(59)65-45(42)44)20-21-54(7,50(63)68-57-30-38-23-39(31-57)29-56(64,28-38)34-57)17-13-16-53(6,49(62)67-55(8)18-10-11-19-55)15-12-14-51(3,4)47(60)69-58-32-36-22-37(33-58)25-40(24-36)35(58)2/h35-45,64H,9-34H2,1-8H3. The average molecular weight is 961 g/mol. The highest BCUT2D eigenvalue weighted by molar-refractivity contribution is 5.80. The molecule has 12 aliphatic rings. The van der Waals surface area contributed by atoms with E-state index in [4.69, 9.17) is 23.7 Å². The Hall–Kier alpha value is -2.69. The first kappa shape index (κ1) is 49.9. The van der Waals surface area contributed by atoms with Crippen molar-refractivity contribution in [1.29, 1.82) is 0 Å². The van der Waals surface area contributed by atoms with Gasteiger partial charge in [-0.2, -0.15) is 0 Å². The number of rotatable bonds is 20. The summed E-state index contributed by atoms with van der Waals surface area (Å²) in [7, 11) is 0. The second-order valence-corrected chi connectivity index (χ2v) is 28.1. The van der Waals surface area contributed by atoms with Crippen LogP contribution in [0.1, 0.15) is 222 Å². The van der Waals surface area contributed by atoms with Crippen molar-refractivity contribution in [3.63, 3.8) is 0 Å². The van der Waals surface area contributed by atoms with Crippen LogP contribution in [-0.4, -0.2) is 69.6 Å². The van der Waals surface area contributed by atoms with Gasteiger partial charge in [-0.1, -0.05) is 26.7 Å². The van der Waals surface area contributed by atoms with Crippen LogP contribution in [0, 0.1) is 74.9 Å². The van der Waals surface area contributed by atoms with Crippen LogP contribution in [0.15, 0.2) is 0 Å². The number of ether oxygens (including phenoxy) is 5. The number of carbonyl (C=O) groups is 5. The van der Waals surface area contributed by atoms with Gasteiger partial charge < -0.3 is 28.8 Å². The molecule has 0 aromatic heterocycles. The van der Waals surface area contributed by atoms with Gasteiger partial charge in [-0.05, 0) is 225 Å². The lowest BCUT2D eigenvalue weighted by Crippen LogP contribution is -2.61. The van der Waals surface area contributed by atoms with Crippen LogP contribution in [0.4, 0.5) is 0 Å². The van der Waals surface area contributed by atoms with E-state index in [1.165, 1.54) is 19.3 Å². The summed E-state index contributed by atoms with van der Waals surface area (Å²) in [5, 5.41) is 11.6. The van der Waals surface area contributed by atoms with Gasteiger partial charge in [0.05, 0.1) is 33.2 Å². The fourth-order valence-electron chi connectivity index (χ4n) is 17.7. The normalized spacial score (nSPS) is 42.1. The quantitative estimate of drug-likeness (QED) is 0.0917. The Balaban J connectivity index is 0.837. The molecule has 11 nitrogen and oxygen atoms in total. The van der Waals surface area contributed by atoms with E-state index in [1.807, 2.05) is 41.5 Å². The van der Waals surface area contributed by atoms with Crippen LogP contribution >= 0.6 is 0 Å². The summed E-state index contributed by atoms with van der Waals surface area (Å²) >= 11 is 0. The number of hydrogen-bond acceptors (Lipinski definition) is 11. The van der Waals surface area contributed by atoms with Crippen LogP contribution < -0.4 is 0 Å². The molecule has 1 saturated heterocycles. The molecule has 0 amide bonds. The van der Waals surface area contributed by atoms with Gasteiger partial charge in [-0.25, -0.2) is 0 Å². The predicted molar refractivity (Wildman–Crippen MR) is 258 cm³/mol. The topological polar surface area (TPSA) is 152 Å². The van der Waals surface area contributed by atoms with Gasteiger partial charge in [0.25, 0.3) is 0 Å². The molecule has 69 heavy (non-hydrogen) atoms. The minimum Gasteiger partial charge on any atom is -0.459 e. The van der Waals surface area contributed by atoms with Crippen LogP contribution in [0.3, 0.4) is 0 Å². The molecule has 0 aromatic rings. The molecule has 1 aliphatic heterocycles. The number of hydrogen-bond donors (Lipinski definition) is 1. The van der Waals surface area contributed by atoms with Gasteiger partial charge in [-0.15, -0.1) is 0 Å². The highest BCUT2D eigenvalue weighted by Gasteiger charge is 2.64. The Labute approximate surface area is 413 Å². The Bertz CT molecular complexity index is 2010. The van der Waals surface area contributed by atoms with E-state index in [1.54, 1.807) is 0 Å². The third kappa shape index (κ3) is 9.13. The zero-order chi connectivity index (χ0) is 49.2. The first-order valence-electron chi connectivity index (χ1n) is 28.2. The highest BCUT2D eigenvalue weighted by atomic mass is 16.6. The van der Waals surface area contributed by atoms with E-state index in [0.29, 0.717) is 106 Å². The first-order valence-corrected chi connectivity index (χ1v) is 28.2. The van der Waals surface area contributed by atoms with Crippen molar-refractivity contribution in [2.75, 3.05) is 0 Å². The van der Waals surface area contributed by atoms with Crippen LogP contribution in [0.5, 0.6) is 0 Å². The molecule has 1 heterocycles. The summed E-state index contributed by atoms with van der Waals surface area (Å²) in [5.41, 5.74) is -5.81. The second kappa shape index (κ2) is 17.5. The van der Waals surface area contributed by atoms with Gasteiger partial charge in [0, 0.05) is 18.3 Å². The van der Waals surface area contributed by atoms with E-state index < -0.39 is 44.6 Å². The van der Waals surface area contributed by atoms with Crippen molar-refractivity contribution < 1.29 is 52.8 Å². The fourth-order valence-corrected chi connectivity index (χ4v) is 17.7. The molecule has 0 spiro atoms. The van der Waals surface area contributed by atoms with Crippen molar-refractivity contribution >= 4 is 29.8 Å². The van der Waals surface area contributed by atoms with Crippen LogP contribution in [-0.2, 0) is 47.7 Å². The molecule has 0 aromatic carbocycles. The molecule has 11 heteroatoms.